The molecule has 2 heteroatoms. The third-order valence-electron chi connectivity index (χ3n) is 11.6. The number of hydrogen-bond acceptors (Lipinski definition) is 0. The Morgan fingerprint density at radius 2 is 0.789 bits per heavy atom. The molecule has 0 unspecified atom stereocenters. The fourth-order valence-corrected chi connectivity index (χ4v) is 8.81. The van der Waals surface area contributed by atoms with Crippen LogP contribution < -0.4 is 0 Å². The zero-order chi connectivity index (χ0) is 37.7. The number of nitrogens with zero attached hydrogens (tertiary/aromatic N) is 2. The average Bonchev–Trinajstić information content (AvgIpc) is 3.66. The average molecular weight is 727 g/mol. The molecule has 0 radical (unpaired) electrons. The molecule has 2 heterocycles. The first-order valence-corrected chi connectivity index (χ1v) is 19.7. The van der Waals surface area contributed by atoms with Crippen molar-refractivity contribution < 1.29 is 0 Å². The maximum atomic E-state index is 2.41. The normalized spacial score (nSPS) is 13.0. The number of aromatic nitrogens is 2. The van der Waals surface area contributed by atoms with Gasteiger partial charge in [-0.05, 0) is 124 Å². The standard InChI is InChI=1S/C55H38N2/c1-4-14-38(15-5-1)41-18-13-19-42(34-41)39-16-12-17-40(27-26-39)43-28-31-54-50(35-43)51-37-45(30-33-55(51)57(54)47-22-8-3-9-23-47)44-29-32-53-49(36-44)48-24-10-11-25-52(48)56(53)46-20-6-2-7-21-46/h1-16,18-37H,17H2. The molecule has 0 aliphatic heterocycles. The van der Waals surface area contributed by atoms with Crippen molar-refractivity contribution in [1.29, 1.82) is 0 Å². The van der Waals surface area contributed by atoms with Crippen molar-refractivity contribution in [3.63, 3.8) is 0 Å². The third kappa shape index (κ3) is 5.73. The molecule has 0 spiro atoms. The molecule has 10 aromatic rings. The molecule has 0 atom stereocenters. The van der Waals surface area contributed by atoms with Crippen LogP contribution in [0.2, 0.25) is 0 Å². The summed E-state index contributed by atoms with van der Waals surface area (Å²) < 4.78 is 4.79. The van der Waals surface area contributed by atoms with Gasteiger partial charge >= 0.3 is 0 Å². The van der Waals surface area contributed by atoms with Crippen LogP contribution >= 0.6 is 0 Å². The summed E-state index contributed by atoms with van der Waals surface area (Å²) in [5.74, 6) is 0. The summed E-state index contributed by atoms with van der Waals surface area (Å²) in [6.07, 6.45) is 10.0. The molecule has 1 aliphatic carbocycles. The summed E-state index contributed by atoms with van der Waals surface area (Å²) in [7, 11) is 0. The highest BCUT2D eigenvalue weighted by atomic mass is 15.0. The van der Waals surface area contributed by atoms with E-state index in [1.807, 2.05) is 0 Å². The Labute approximate surface area is 332 Å². The predicted octanol–water partition coefficient (Wildman–Crippen LogP) is 14.6. The fraction of sp³-hybridized carbons (Fsp3) is 0.0182. The molecular formula is C55H38N2. The summed E-state index contributed by atoms with van der Waals surface area (Å²) in [4.78, 5) is 0. The molecule has 8 aromatic carbocycles. The molecular weight excluding hydrogens is 689 g/mol. The minimum absolute atomic E-state index is 0.864. The van der Waals surface area contributed by atoms with Crippen molar-refractivity contribution in [3.05, 3.63) is 230 Å². The SMILES string of the molecule is C1=CC(c2cccc(-c3ccccc3)c2)=CC=C(c2ccc3c(c2)c2cc(-c4ccc5c(c4)c4ccccc4n5-c4ccccc4)ccc2n3-c2ccccc2)C1. The zero-order valence-electron chi connectivity index (χ0n) is 31.4. The summed E-state index contributed by atoms with van der Waals surface area (Å²) in [6.45, 7) is 0. The van der Waals surface area contributed by atoms with E-state index in [0.29, 0.717) is 0 Å². The molecule has 57 heavy (non-hydrogen) atoms. The molecule has 0 fully saturated rings. The van der Waals surface area contributed by atoms with Gasteiger partial charge in [-0.25, -0.2) is 0 Å². The minimum Gasteiger partial charge on any atom is -0.309 e. The minimum atomic E-state index is 0.864. The molecule has 0 bridgehead atoms. The lowest BCUT2D eigenvalue weighted by Gasteiger charge is -2.09. The lowest BCUT2D eigenvalue weighted by atomic mass is 9.98. The van der Waals surface area contributed by atoms with E-state index in [1.165, 1.54) is 93.8 Å². The van der Waals surface area contributed by atoms with Crippen LogP contribution in [-0.4, -0.2) is 9.13 Å². The van der Waals surface area contributed by atoms with Crippen LogP contribution in [-0.2, 0) is 0 Å². The number of benzene rings is 8. The van der Waals surface area contributed by atoms with E-state index in [0.717, 1.165) is 12.1 Å². The number of para-hydroxylation sites is 3. The van der Waals surface area contributed by atoms with Crippen molar-refractivity contribution in [2.24, 2.45) is 0 Å². The summed E-state index contributed by atoms with van der Waals surface area (Å²) in [5.41, 5.74) is 17.1. The van der Waals surface area contributed by atoms with E-state index in [4.69, 9.17) is 0 Å². The molecule has 11 rings (SSSR count). The quantitative estimate of drug-likeness (QED) is 0.161. The lowest BCUT2D eigenvalue weighted by molar-refractivity contribution is 1.18. The Morgan fingerprint density at radius 1 is 0.316 bits per heavy atom. The van der Waals surface area contributed by atoms with Crippen LogP contribution in [0.25, 0.3) is 88.4 Å². The van der Waals surface area contributed by atoms with E-state index in [1.54, 1.807) is 0 Å². The lowest BCUT2D eigenvalue weighted by Crippen LogP contribution is -1.93. The third-order valence-corrected chi connectivity index (χ3v) is 11.6. The van der Waals surface area contributed by atoms with Gasteiger partial charge in [0.2, 0.25) is 0 Å². The predicted molar refractivity (Wildman–Crippen MR) is 242 cm³/mol. The zero-order valence-corrected chi connectivity index (χ0v) is 31.4. The van der Waals surface area contributed by atoms with Gasteiger partial charge in [-0.2, -0.15) is 0 Å². The van der Waals surface area contributed by atoms with Crippen LogP contribution in [0.3, 0.4) is 0 Å². The van der Waals surface area contributed by atoms with Crippen molar-refractivity contribution in [1.82, 2.24) is 9.13 Å². The first-order valence-electron chi connectivity index (χ1n) is 19.7. The van der Waals surface area contributed by atoms with Crippen molar-refractivity contribution in [3.8, 4) is 33.6 Å². The molecule has 1 aliphatic rings. The number of rotatable bonds is 6. The number of allylic oxidation sites excluding steroid dienone is 6. The first-order chi connectivity index (χ1) is 28.3. The second-order valence-electron chi connectivity index (χ2n) is 14.9. The van der Waals surface area contributed by atoms with Crippen molar-refractivity contribution in [2.75, 3.05) is 0 Å². The summed E-state index contributed by atoms with van der Waals surface area (Å²) in [5, 5.41) is 5.02. The van der Waals surface area contributed by atoms with E-state index < -0.39 is 0 Å². The van der Waals surface area contributed by atoms with Gasteiger partial charge in [0, 0.05) is 32.9 Å². The first kappa shape index (κ1) is 33.0. The van der Waals surface area contributed by atoms with Gasteiger partial charge in [0.1, 0.15) is 0 Å². The van der Waals surface area contributed by atoms with Gasteiger partial charge in [-0.15, -0.1) is 0 Å². The molecule has 0 N–H and O–H groups in total. The van der Waals surface area contributed by atoms with Gasteiger partial charge in [0.15, 0.2) is 0 Å². The van der Waals surface area contributed by atoms with E-state index in [9.17, 15) is 0 Å². The fourth-order valence-electron chi connectivity index (χ4n) is 8.81. The Morgan fingerprint density at radius 3 is 1.44 bits per heavy atom. The van der Waals surface area contributed by atoms with E-state index in [2.05, 4.69) is 228 Å². The van der Waals surface area contributed by atoms with Gasteiger partial charge < -0.3 is 9.13 Å². The van der Waals surface area contributed by atoms with Crippen LogP contribution in [0, 0.1) is 0 Å². The van der Waals surface area contributed by atoms with E-state index in [-0.39, 0.29) is 0 Å². The number of hydrogen-bond donors (Lipinski definition) is 0. The molecule has 2 aromatic heterocycles. The maximum Gasteiger partial charge on any atom is 0.0541 e. The molecule has 0 amide bonds. The molecule has 2 nitrogen and oxygen atoms in total. The van der Waals surface area contributed by atoms with Crippen LogP contribution in [0.1, 0.15) is 17.5 Å². The Balaban J connectivity index is 1.03. The van der Waals surface area contributed by atoms with Crippen molar-refractivity contribution >= 4 is 54.8 Å². The van der Waals surface area contributed by atoms with Gasteiger partial charge in [-0.3, -0.25) is 0 Å². The van der Waals surface area contributed by atoms with Crippen molar-refractivity contribution in [2.45, 2.75) is 6.42 Å². The molecule has 268 valence electrons. The second kappa shape index (κ2) is 13.7. The monoisotopic (exact) mass is 726 g/mol. The summed E-state index contributed by atoms with van der Waals surface area (Å²) >= 11 is 0. The highest BCUT2D eigenvalue weighted by Gasteiger charge is 2.17. The second-order valence-corrected chi connectivity index (χ2v) is 14.9. The smallest absolute Gasteiger partial charge is 0.0541 e. The van der Waals surface area contributed by atoms with Crippen LogP contribution in [0.4, 0.5) is 0 Å². The highest BCUT2D eigenvalue weighted by molar-refractivity contribution is 6.13. The highest BCUT2D eigenvalue weighted by Crippen LogP contribution is 2.39. The molecule has 0 saturated carbocycles. The summed E-state index contributed by atoms with van der Waals surface area (Å²) in [6, 6.07) is 70.6. The molecule has 0 saturated heterocycles. The Hall–Kier alpha value is -7.42. The van der Waals surface area contributed by atoms with Gasteiger partial charge in [-0.1, -0.05) is 146 Å². The maximum absolute atomic E-state index is 2.41. The van der Waals surface area contributed by atoms with Crippen LogP contribution in [0.5, 0.6) is 0 Å². The Bertz CT molecular complexity index is 3230. The van der Waals surface area contributed by atoms with Gasteiger partial charge in [0.05, 0.1) is 22.1 Å². The van der Waals surface area contributed by atoms with E-state index >= 15 is 0 Å². The van der Waals surface area contributed by atoms with Crippen LogP contribution in [0.15, 0.2) is 218 Å². The number of fused-ring (bicyclic) bond motifs is 6. The largest absolute Gasteiger partial charge is 0.309 e. The topological polar surface area (TPSA) is 9.86 Å². The van der Waals surface area contributed by atoms with Gasteiger partial charge in [0.25, 0.3) is 0 Å². The Kier molecular flexibility index (Phi) is 7.93.